The second-order valence-electron chi connectivity index (χ2n) is 7.85. The van der Waals surface area contributed by atoms with Gasteiger partial charge in [-0.3, -0.25) is 4.79 Å². The zero-order valence-corrected chi connectivity index (χ0v) is 15.3. The van der Waals surface area contributed by atoms with Crippen LogP contribution in [0, 0.1) is 11.8 Å². The number of amides is 2. The maximum absolute atomic E-state index is 12.5. The molecule has 0 radical (unpaired) electrons. The fourth-order valence-corrected chi connectivity index (χ4v) is 4.44. The highest BCUT2D eigenvalue weighted by molar-refractivity contribution is 5.75. The van der Waals surface area contributed by atoms with E-state index in [4.69, 9.17) is 5.11 Å². The van der Waals surface area contributed by atoms with Crippen LogP contribution in [0.15, 0.2) is 30.3 Å². The van der Waals surface area contributed by atoms with Crippen molar-refractivity contribution < 1.29 is 14.7 Å². The van der Waals surface area contributed by atoms with Crippen molar-refractivity contribution in [2.75, 3.05) is 0 Å². The van der Waals surface area contributed by atoms with Crippen LogP contribution in [0.5, 0.6) is 0 Å². The third kappa shape index (κ3) is 5.23. The molecule has 5 nitrogen and oxygen atoms in total. The largest absolute Gasteiger partial charge is 0.481 e. The molecule has 3 N–H and O–H groups in total. The Morgan fingerprint density at radius 3 is 2.31 bits per heavy atom. The van der Waals surface area contributed by atoms with Crippen LogP contribution < -0.4 is 10.6 Å². The van der Waals surface area contributed by atoms with Crippen LogP contribution in [0.25, 0.3) is 0 Å². The topological polar surface area (TPSA) is 78.4 Å². The van der Waals surface area contributed by atoms with Crippen molar-refractivity contribution in [1.82, 2.24) is 10.6 Å². The highest BCUT2D eigenvalue weighted by Crippen LogP contribution is 2.28. The van der Waals surface area contributed by atoms with Crippen molar-refractivity contribution in [2.45, 2.75) is 69.9 Å². The summed E-state index contributed by atoms with van der Waals surface area (Å²) in [6.07, 6.45) is 8.41. The lowest BCUT2D eigenvalue weighted by Crippen LogP contribution is -2.50. The number of benzene rings is 1. The van der Waals surface area contributed by atoms with Gasteiger partial charge in [-0.25, -0.2) is 4.79 Å². The molecule has 2 unspecified atom stereocenters. The molecule has 2 amide bonds. The summed E-state index contributed by atoms with van der Waals surface area (Å²) in [5, 5.41) is 15.3. The second kappa shape index (κ2) is 9.06. The molecule has 0 saturated heterocycles. The standard InChI is InChI=1S/C21H30N2O3/c24-20(25)16-10-12-18(13-11-16)22-21(26)23-19-9-5-4-8-17(19)14-15-6-2-1-3-7-15/h1-3,6-7,16-19H,4-5,8-14H2,(H,24,25)(H2,22,23,26). The monoisotopic (exact) mass is 358 g/mol. The van der Waals surface area contributed by atoms with Gasteiger partial charge in [0.05, 0.1) is 5.92 Å². The Morgan fingerprint density at radius 2 is 1.62 bits per heavy atom. The Hall–Kier alpha value is -2.04. The Morgan fingerprint density at radius 1 is 0.923 bits per heavy atom. The summed E-state index contributed by atoms with van der Waals surface area (Å²) < 4.78 is 0. The van der Waals surface area contributed by atoms with E-state index in [1.165, 1.54) is 18.4 Å². The van der Waals surface area contributed by atoms with Crippen LogP contribution in [-0.4, -0.2) is 29.2 Å². The van der Waals surface area contributed by atoms with Gasteiger partial charge in [0.25, 0.3) is 0 Å². The molecule has 2 saturated carbocycles. The van der Waals surface area contributed by atoms with Crippen LogP contribution in [0.1, 0.15) is 56.9 Å². The van der Waals surface area contributed by atoms with Crippen LogP contribution in [0.3, 0.4) is 0 Å². The number of aliphatic carboxylic acids is 1. The summed E-state index contributed by atoms with van der Waals surface area (Å²) >= 11 is 0. The number of carboxylic acid groups (broad SMARTS) is 1. The molecule has 2 fully saturated rings. The number of rotatable bonds is 5. The predicted molar refractivity (Wildman–Crippen MR) is 101 cm³/mol. The quantitative estimate of drug-likeness (QED) is 0.750. The lowest BCUT2D eigenvalue weighted by Gasteiger charge is -2.33. The summed E-state index contributed by atoms with van der Waals surface area (Å²) in [4.78, 5) is 23.5. The Balaban J connectivity index is 1.48. The number of hydrogen-bond donors (Lipinski definition) is 3. The molecule has 26 heavy (non-hydrogen) atoms. The molecule has 1 aromatic rings. The van der Waals surface area contributed by atoms with E-state index in [1.807, 2.05) is 6.07 Å². The minimum absolute atomic E-state index is 0.0891. The molecule has 3 rings (SSSR count). The summed E-state index contributed by atoms with van der Waals surface area (Å²) in [5.74, 6) is -0.469. The first-order valence-electron chi connectivity index (χ1n) is 9.95. The molecule has 0 bridgehead atoms. The zero-order chi connectivity index (χ0) is 18.4. The first-order valence-corrected chi connectivity index (χ1v) is 9.95. The van der Waals surface area contributed by atoms with Crippen molar-refractivity contribution >= 4 is 12.0 Å². The van der Waals surface area contributed by atoms with E-state index >= 15 is 0 Å². The van der Waals surface area contributed by atoms with E-state index in [2.05, 4.69) is 34.9 Å². The maximum atomic E-state index is 12.5. The van der Waals surface area contributed by atoms with Gasteiger partial charge in [-0.1, -0.05) is 43.2 Å². The number of urea groups is 1. The highest BCUT2D eigenvalue weighted by atomic mass is 16.4. The van der Waals surface area contributed by atoms with E-state index in [-0.39, 0.29) is 24.0 Å². The fourth-order valence-electron chi connectivity index (χ4n) is 4.44. The molecule has 142 valence electrons. The third-order valence-corrected chi connectivity index (χ3v) is 5.98. The van der Waals surface area contributed by atoms with E-state index in [1.54, 1.807) is 0 Å². The van der Waals surface area contributed by atoms with Crippen LogP contribution in [0.4, 0.5) is 4.79 Å². The first kappa shape index (κ1) is 18.7. The van der Waals surface area contributed by atoms with Gasteiger partial charge in [0.15, 0.2) is 0 Å². The molecule has 1 aromatic carbocycles. The average Bonchev–Trinajstić information content (AvgIpc) is 2.64. The molecule has 0 aromatic heterocycles. The minimum Gasteiger partial charge on any atom is -0.481 e. The number of carbonyl (C=O) groups is 2. The van der Waals surface area contributed by atoms with Gasteiger partial charge in [-0.15, -0.1) is 0 Å². The van der Waals surface area contributed by atoms with Crippen LogP contribution in [0.2, 0.25) is 0 Å². The van der Waals surface area contributed by atoms with Crippen LogP contribution in [-0.2, 0) is 11.2 Å². The highest BCUT2D eigenvalue weighted by Gasteiger charge is 2.29. The van der Waals surface area contributed by atoms with Crippen molar-refractivity contribution in [3.63, 3.8) is 0 Å². The number of carbonyl (C=O) groups excluding carboxylic acids is 1. The molecular weight excluding hydrogens is 328 g/mol. The van der Waals surface area contributed by atoms with E-state index in [0.29, 0.717) is 18.8 Å². The summed E-state index contributed by atoms with van der Waals surface area (Å²) in [7, 11) is 0. The third-order valence-electron chi connectivity index (χ3n) is 5.98. The molecule has 0 spiro atoms. The minimum atomic E-state index is -0.709. The van der Waals surface area contributed by atoms with E-state index < -0.39 is 5.97 Å². The predicted octanol–water partition coefficient (Wildman–Crippen LogP) is 3.73. The Bertz CT molecular complexity index is 597. The van der Waals surface area contributed by atoms with Gasteiger partial charge >= 0.3 is 12.0 Å². The molecule has 2 aliphatic carbocycles. The SMILES string of the molecule is O=C(NC1CCC(C(=O)O)CC1)NC1CCCCC1Cc1ccccc1. The zero-order valence-electron chi connectivity index (χ0n) is 15.3. The lowest BCUT2D eigenvalue weighted by atomic mass is 9.80. The van der Waals surface area contributed by atoms with Crippen LogP contribution >= 0.6 is 0 Å². The molecule has 0 aliphatic heterocycles. The average molecular weight is 358 g/mol. The van der Waals surface area contributed by atoms with Gasteiger partial charge in [0.1, 0.15) is 0 Å². The first-order chi connectivity index (χ1) is 12.6. The van der Waals surface area contributed by atoms with Gasteiger partial charge in [0.2, 0.25) is 0 Å². The molecule has 5 heteroatoms. The van der Waals surface area contributed by atoms with Gasteiger partial charge in [-0.2, -0.15) is 0 Å². The normalized spacial score (nSPS) is 28.9. The maximum Gasteiger partial charge on any atom is 0.315 e. The number of nitrogens with one attached hydrogen (secondary N) is 2. The number of carboxylic acids is 1. The lowest BCUT2D eigenvalue weighted by molar-refractivity contribution is -0.142. The van der Waals surface area contributed by atoms with Gasteiger partial charge in [0, 0.05) is 12.1 Å². The smallest absolute Gasteiger partial charge is 0.315 e. The van der Waals surface area contributed by atoms with Gasteiger partial charge < -0.3 is 15.7 Å². The van der Waals surface area contributed by atoms with Crippen molar-refractivity contribution in [3.05, 3.63) is 35.9 Å². The van der Waals surface area contributed by atoms with Crippen molar-refractivity contribution in [2.24, 2.45) is 11.8 Å². The van der Waals surface area contributed by atoms with Gasteiger partial charge in [-0.05, 0) is 56.4 Å². The fraction of sp³-hybridized carbons (Fsp3) is 0.619. The second-order valence-corrected chi connectivity index (χ2v) is 7.85. The molecule has 0 heterocycles. The molecule has 2 atom stereocenters. The Kier molecular flexibility index (Phi) is 6.53. The summed E-state index contributed by atoms with van der Waals surface area (Å²) in [6.45, 7) is 0. The number of hydrogen-bond acceptors (Lipinski definition) is 2. The van der Waals surface area contributed by atoms with Crippen molar-refractivity contribution in [1.29, 1.82) is 0 Å². The summed E-state index contributed by atoms with van der Waals surface area (Å²) in [6, 6.07) is 10.7. The molecular formula is C21H30N2O3. The van der Waals surface area contributed by atoms with E-state index in [0.717, 1.165) is 32.1 Å². The summed E-state index contributed by atoms with van der Waals surface area (Å²) in [5.41, 5.74) is 1.33. The van der Waals surface area contributed by atoms with Crippen molar-refractivity contribution in [3.8, 4) is 0 Å². The Labute approximate surface area is 155 Å². The van der Waals surface area contributed by atoms with E-state index in [9.17, 15) is 9.59 Å². The molecule has 2 aliphatic rings.